The van der Waals surface area contributed by atoms with Gasteiger partial charge in [0.2, 0.25) is 0 Å². The van der Waals surface area contributed by atoms with Crippen LogP contribution in [0, 0.1) is 0 Å². The van der Waals surface area contributed by atoms with Gasteiger partial charge in [-0.3, -0.25) is 9.78 Å². The first-order chi connectivity index (χ1) is 8.25. The van der Waals surface area contributed by atoms with Crippen LogP contribution in [-0.2, 0) is 0 Å². The van der Waals surface area contributed by atoms with E-state index in [4.69, 9.17) is 0 Å². The van der Waals surface area contributed by atoms with Crippen LogP contribution >= 0.6 is 0 Å². The summed E-state index contributed by atoms with van der Waals surface area (Å²) in [7, 11) is 0. The molecule has 0 aliphatic rings. The minimum Gasteiger partial charge on any atom is -0.508 e. The maximum atomic E-state index is 11.7. The molecule has 84 valence electrons. The standard InChI is InChI=1S/C14H11NO2/c16-13-3-1-2-11(10-13)4-5-14(17)12-6-8-15-9-7-12/h1-10,16H. The average molecular weight is 225 g/mol. The molecule has 0 amide bonds. The topological polar surface area (TPSA) is 50.2 Å². The third kappa shape index (κ3) is 3.01. The van der Waals surface area contributed by atoms with Crippen molar-refractivity contribution in [3.8, 4) is 5.75 Å². The van der Waals surface area contributed by atoms with Crippen molar-refractivity contribution in [3.05, 3.63) is 66.0 Å². The van der Waals surface area contributed by atoms with Gasteiger partial charge in [0, 0.05) is 18.0 Å². The summed E-state index contributed by atoms with van der Waals surface area (Å²) >= 11 is 0. The predicted octanol–water partition coefficient (Wildman–Crippen LogP) is 2.68. The Bertz CT molecular complexity index is 547. The van der Waals surface area contributed by atoms with Gasteiger partial charge in [0.25, 0.3) is 0 Å². The number of pyridine rings is 1. The van der Waals surface area contributed by atoms with Gasteiger partial charge in [0.1, 0.15) is 5.75 Å². The second-order valence-electron chi connectivity index (χ2n) is 3.53. The van der Waals surface area contributed by atoms with Crippen molar-refractivity contribution in [2.45, 2.75) is 0 Å². The summed E-state index contributed by atoms with van der Waals surface area (Å²) in [5.41, 5.74) is 1.38. The lowest BCUT2D eigenvalue weighted by Crippen LogP contribution is -1.93. The molecule has 3 nitrogen and oxygen atoms in total. The number of carbonyl (C=O) groups is 1. The SMILES string of the molecule is O=C(C=Cc1cccc(O)c1)c1ccncc1. The number of ketones is 1. The summed E-state index contributed by atoms with van der Waals surface area (Å²) in [6.07, 6.45) is 6.30. The van der Waals surface area contributed by atoms with Gasteiger partial charge in [-0.1, -0.05) is 18.2 Å². The van der Waals surface area contributed by atoms with E-state index in [1.807, 2.05) is 6.07 Å². The zero-order chi connectivity index (χ0) is 12.1. The van der Waals surface area contributed by atoms with Crippen molar-refractivity contribution < 1.29 is 9.90 Å². The zero-order valence-electron chi connectivity index (χ0n) is 9.08. The van der Waals surface area contributed by atoms with Crippen LogP contribution in [0.2, 0.25) is 0 Å². The number of aromatic nitrogens is 1. The molecule has 3 heteroatoms. The fourth-order valence-electron chi connectivity index (χ4n) is 1.41. The lowest BCUT2D eigenvalue weighted by molar-refractivity contribution is 0.104. The number of aromatic hydroxyl groups is 1. The Hall–Kier alpha value is -2.42. The lowest BCUT2D eigenvalue weighted by Gasteiger charge is -1.95. The first-order valence-electron chi connectivity index (χ1n) is 5.17. The maximum Gasteiger partial charge on any atom is 0.185 e. The Morgan fingerprint density at radius 1 is 1.18 bits per heavy atom. The van der Waals surface area contributed by atoms with Gasteiger partial charge in [-0.05, 0) is 35.9 Å². The number of rotatable bonds is 3. The van der Waals surface area contributed by atoms with Crippen LogP contribution in [0.1, 0.15) is 15.9 Å². The summed E-state index contributed by atoms with van der Waals surface area (Å²) < 4.78 is 0. The van der Waals surface area contributed by atoms with E-state index in [0.717, 1.165) is 5.56 Å². The maximum absolute atomic E-state index is 11.7. The molecular weight excluding hydrogens is 214 g/mol. The fraction of sp³-hybridized carbons (Fsp3) is 0. The molecule has 0 unspecified atom stereocenters. The molecule has 1 aromatic carbocycles. The van der Waals surface area contributed by atoms with Crippen LogP contribution in [0.3, 0.4) is 0 Å². The monoisotopic (exact) mass is 225 g/mol. The molecule has 1 N–H and O–H groups in total. The molecule has 2 aromatic rings. The minimum atomic E-state index is -0.0873. The number of allylic oxidation sites excluding steroid dienone is 1. The Balaban J connectivity index is 2.14. The van der Waals surface area contributed by atoms with Crippen LogP contribution in [0.15, 0.2) is 54.9 Å². The quantitative estimate of drug-likeness (QED) is 0.645. The van der Waals surface area contributed by atoms with E-state index >= 15 is 0 Å². The smallest absolute Gasteiger partial charge is 0.185 e. The largest absolute Gasteiger partial charge is 0.508 e. The molecule has 0 radical (unpaired) electrons. The van der Waals surface area contributed by atoms with E-state index in [2.05, 4.69) is 4.98 Å². The number of hydrogen-bond donors (Lipinski definition) is 1. The zero-order valence-corrected chi connectivity index (χ0v) is 9.08. The normalized spacial score (nSPS) is 10.6. The van der Waals surface area contributed by atoms with Crippen molar-refractivity contribution in [2.24, 2.45) is 0 Å². The Labute approximate surface area is 99.1 Å². The van der Waals surface area contributed by atoms with Gasteiger partial charge < -0.3 is 5.11 Å². The molecule has 1 aromatic heterocycles. The van der Waals surface area contributed by atoms with Gasteiger partial charge in [-0.25, -0.2) is 0 Å². The third-order valence-electron chi connectivity index (χ3n) is 2.26. The van der Waals surface area contributed by atoms with Crippen LogP contribution in [0.4, 0.5) is 0 Å². The number of phenolic OH excluding ortho intramolecular Hbond substituents is 1. The highest BCUT2D eigenvalue weighted by atomic mass is 16.3. The summed E-state index contributed by atoms with van der Waals surface area (Å²) in [6.45, 7) is 0. The van der Waals surface area contributed by atoms with E-state index in [0.29, 0.717) is 5.56 Å². The highest BCUT2D eigenvalue weighted by Crippen LogP contribution is 2.12. The summed E-state index contributed by atoms with van der Waals surface area (Å²) in [6, 6.07) is 10.0. The van der Waals surface area contributed by atoms with Gasteiger partial charge in [0.15, 0.2) is 5.78 Å². The molecule has 1 heterocycles. The molecule has 0 bridgehead atoms. The minimum absolute atomic E-state index is 0.0873. The van der Waals surface area contributed by atoms with Crippen LogP contribution in [0.25, 0.3) is 6.08 Å². The van der Waals surface area contributed by atoms with Crippen molar-refractivity contribution in [2.75, 3.05) is 0 Å². The van der Waals surface area contributed by atoms with Crippen LogP contribution < -0.4 is 0 Å². The molecule has 0 spiro atoms. The second-order valence-corrected chi connectivity index (χ2v) is 3.53. The van der Waals surface area contributed by atoms with E-state index in [-0.39, 0.29) is 11.5 Å². The Morgan fingerprint density at radius 3 is 2.65 bits per heavy atom. The molecular formula is C14H11NO2. The van der Waals surface area contributed by atoms with E-state index in [1.165, 1.54) is 6.08 Å². The van der Waals surface area contributed by atoms with Crippen molar-refractivity contribution in [3.63, 3.8) is 0 Å². The van der Waals surface area contributed by atoms with Crippen molar-refractivity contribution in [1.82, 2.24) is 4.98 Å². The van der Waals surface area contributed by atoms with Crippen LogP contribution in [-0.4, -0.2) is 15.9 Å². The van der Waals surface area contributed by atoms with E-state index < -0.39 is 0 Å². The van der Waals surface area contributed by atoms with Crippen molar-refractivity contribution in [1.29, 1.82) is 0 Å². The number of phenols is 1. The number of benzene rings is 1. The fourth-order valence-corrected chi connectivity index (χ4v) is 1.41. The Kier molecular flexibility index (Phi) is 3.31. The lowest BCUT2D eigenvalue weighted by atomic mass is 10.1. The highest BCUT2D eigenvalue weighted by Gasteiger charge is 1.99. The highest BCUT2D eigenvalue weighted by molar-refractivity contribution is 6.06. The summed E-state index contributed by atoms with van der Waals surface area (Å²) in [5.74, 6) is 0.0965. The number of nitrogens with zero attached hydrogens (tertiary/aromatic N) is 1. The number of carbonyl (C=O) groups excluding carboxylic acids is 1. The summed E-state index contributed by atoms with van der Waals surface area (Å²) in [4.78, 5) is 15.6. The molecule has 17 heavy (non-hydrogen) atoms. The second kappa shape index (κ2) is 5.07. The van der Waals surface area contributed by atoms with Crippen molar-refractivity contribution >= 4 is 11.9 Å². The molecule has 2 rings (SSSR count). The molecule has 0 saturated heterocycles. The molecule has 0 aliphatic heterocycles. The Morgan fingerprint density at radius 2 is 1.94 bits per heavy atom. The van der Waals surface area contributed by atoms with Gasteiger partial charge in [-0.2, -0.15) is 0 Å². The van der Waals surface area contributed by atoms with Crippen LogP contribution in [0.5, 0.6) is 5.75 Å². The third-order valence-corrected chi connectivity index (χ3v) is 2.26. The first kappa shape index (κ1) is 11.1. The molecule has 0 aliphatic carbocycles. The van der Waals surface area contributed by atoms with Gasteiger partial charge in [0.05, 0.1) is 0 Å². The predicted molar refractivity (Wildman–Crippen MR) is 65.7 cm³/mol. The summed E-state index contributed by atoms with van der Waals surface area (Å²) in [5, 5.41) is 9.27. The van der Waals surface area contributed by atoms with Gasteiger partial charge >= 0.3 is 0 Å². The average Bonchev–Trinajstić information content (AvgIpc) is 2.37. The van der Waals surface area contributed by atoms with E-state index in [9.17, 15) is 9.90 Å². The molecule has 0 saturated carbocycles. The number of hydrogen-bond acceptors (Lipinski definition) is 3. The van der Waals surface area contributed by atoms with Gasteiger partial charge in [-0.15, -0.1) is 0 Å². The molecule has 0 atom stereocenters. The molecule has 0 fully saturated rings. The first-order valence-corrected chi connectivity index (χ1v) is 5.17. The van der Waals surface area contributed by atoms with E-state index in [1.54, 1.807) is 48.8 Å².